The standard InChI is InChI=1S/C21H26ClNO/c22-21-11-14-8-15(12-21)10-20(9-14,13-21)19(24)23-18-7-3-5-16-4-1-2-6-17(16)18/h1-2,4,6,14-15,18H,3,5,7-13H2,(H,23,24). The largest absolute Gasteiger partial charge is 0.349 e. The Labute approximate surface area is 149 Å². The summed E-state index contributed by atoms with van der Waals surface area (Å²) >= 11 is 6.91. The summed E-state index contributed by atoms with van der Waals surface area (Å²) in [4.78, 5) is 13.3. The molecule has 0 aromatic heterocycles. The van der Waals surface area contributed by atoms with Gasteiger partial charge in [-0.2, -0.15) is 0 Å². The van der Waals surface area contributed by atoms with Crippen molar-refractivity contribution in [2.24, 2.45) is 17.3 Å². The average Bonchev–Trinajstić information content (AvgIpc) is 2.53. The molecule has 1 aromatic rings. The number of halogens is 1. The van der Waals surface area contributed by atoms with Crippen molar-refractivity contribution < 1.29 is 4.79 Å². The van der Waals surface area contributed by atoms with Gasteiger partial charge < -0.3 is 5.32 Å². The first-order valence-corrected chi connectivity index (χ1v) is 10.0. The highest BCUT2D eigenvalue weighted by Gasteiger charge is 2.60. The van der Waals surface area contributed by atoms with Crippen LogP contribution in [0.2, 0.25) is 0 Å². The molecule has 3 heteroatoms. The van der Waals surface area contributed by atoms with Crippen molar-refractivity contribution in [1.29, 1.82) is 0 Å². The fourth-order valence-corrected chi connectivity index (χ4v) is 7.32. The summed E-state index contributed by atoms with van der Waals surface area (Å²) in [7, 11) is 0. The zero-order valence-electron chi connectivity index (χ0n) is 14.2. The second-order valence-corrected chi connectivity index (χ2v) is 9.81. The van der Waals surface area contributed by atoms with E-state index in [2.05, 4.69) is 29.6 Å². The Bertz CT molecular complexity index is 670. The van der Waals surface area contributed by atoms with E-state index in [1.54, 1.807) is 0 Å². The van der Waals surface area contributed by atoms with Gasteiger partial charge in [-0.3, -0.25) is 4.79 Å². The molecule has 0 spiro atoms. The van der Waals surface area contributed by atoms with Crippen molar-refractivity contribution in [3.63, 3.8) is 0 Å². The second-order valence-electron chi connectivity index (χ2n) is 9.01. The highest BCUT2D eigenvalue weighted by Crippen LogP contribution is 2.64. The molecule has 3 atom stereocenters. The summed E-state index contributed by atoms with van der Waals surface area (Å²) in [5.41, 5.74) is 2.56. The van der Waals surface area contributed by atoms with Crippen LogP contribution < -0.4 is 5.32 Å². The Morgan fingerprint density at radius 2 is 1.88 bits per heavy atom. The van der Waals surface area contributed by atoms with Crippen molar-refractivity contribution in [3.05, 3.63) is 35.4 Å². The molecule has 0 radical (unpaired) electrons. The van der Waals surface area contributed by atoms with Crippen LogP contribution in [0.4, 0.5) is 0 Å². The molecule has 1 N–H and O–H groups in total. The van der Waals surface area contributed by atoms with Crippen molar-refractivity contribution in [1.82, 2.24) is 5.32 Å². The molecular formula is C21H26ClNO. The number of nitrogens with one attached hydrogen (secondary N) is 1. The highest BCUT2D eigenvalue weighted by molar-refractivity contribution is 6.24. The number of aryl methyl sites for hydroxylation is 1. The van der Waals surface area contributed by atoms with Crippen LogP contribution in [0.1, 0.15) is 68.5 Å². The van der Waals surface area contributed by atoms with Crippen molar-refractivity contribution >= 4 is 17.5 Å². The molecule has 4 fully saturated rings. The van der Waals surface area contributed by atoms with E-state index in [4.69, 9.17) is 11.6 Å². The molecule has 4 saturated carbocycles. The van der Waals surface area contributed by atoms with Gasteiger partial charge in [0.1, 0.15) is 0 Å². The molecule has 1 aromatic carbocycles. The molecule has 2 nitrogen and oxygen atoms in total. The molecular weight excluding hydrogens is 318 g/mol. The minimum atomic E-state index is -0.182. The predicted molar refractivity (Wildman–Crippen MR) is 96.0 cm³/mol. The Morgan fingerprint density at radius 1 is 1.12 bits per heavy atom. The number of amides is 1. The summed E-state index contributed by atoms with van der Waals surface area (Å²) < 4.78 is 0. The minimum absolute atomic E-state index is 0.0914. The predicted octanol–water partition coefficient (Wildman–Crippen LogP) is 4.76. The zero-order valence-corrected chi connectivity index (χ0v) is 14.9. The third kappa shape index (κ3) is 2.33. The van der Waals surface area contributed by atoms with Crippen molar-refractivity contribution in [2.75, 3.05) is 0 Å². The van der Waals surface area contributed by atoms with Crippen LogP contribution >= 0.6 is 11.6 Å². The van der Waals surface area contributed by atoms with Crippen LogP contribution in [0.3, 0.4) is 0 Å². The van der Waals surface area contributed by atoms with Crippen LogP contribution in [0.15, 0.2) is 24.3 Å². The number of hydrogen-bond donors (Lipinski definition) is 1. The Kier molecular flexibility index (Phi) is 3.33. The molecule has 128 valence electrons. The quantitative estimate of drug-likeness (QED) is 0.771. The van der Waals surface area contributed by atoms with Gasteiger partial charge >= 0.3 is 0 Å². The van der Waals surface area contributed by atoms with Crippen LogP contribution in [0.5, 0.6) is 0 Å². The first-order chi connectivity index (χ1) is 11.6. The van der Waals surface area contributed by atoms with Crippen LogP contribution in [0, 0.1) is 17.3 Å². The summed E-state index contributed by atoms with van der Waals surface area (Å²) in [6.07, 6.45) is 9.97. The van der Waals surface area contributed by atoms with Crippen molar-refractivity contribution in [3.8, 4) is 0 Å². The van der Waals surface area contributed by atoms with Crippen molar-refractivity contribution in [2.45, 2.75) is 68.7 Å². The third-order valence-corrected chi connectivity index (χ3v) is 7.59. The van der Waals surface area contributed by atoms with Gasteiger partial charge in [-0.15, -0.1) is 11.6 Å². The second kappa shape index (κ2) is 5.24. The van der Waals surface area contributed by atoms with Crippen LogP contribution in [-0.2, 0) is 11.2 Å². The molecule has 0 aliphatic heterocycles. The van der Waals surface area contributed by atoms with Gasteiger partial charge in [-0.05, 0) is 80.8 Å². The SMILES string of the molecule is O=C(NC1CCCc2ccccc21)C12CC3CC(CC(Cl)(C3)C1)C2. The lowest BCUT2D eigenvalue weighted by atomic mass is 9.49. The maximum atomic E-state index is 13.3. The van der Waals surface area contributed by atoms with Gasteiger partial charge in [0.15, 0.2) is 0 Å². The lowest BCUT2D eigenvalue weighted by Gasteiger charge is -2.59. The average molecular weight is 344 g/mol. The van der Waals surface area contributed by atoms with Gasteiger partial charge in [0.2, 0.25) is 5.91 Å². The van der Waals surface area contributed by atoms with Gasteiger partial charge in [-0.1, -0.05) is 24.3 Å². The maximum Gasteiger partial charge on any atom is 0.226 e. The number of fused-ring (bicyclic) bond motifs is 1. The smallest absolute Gasteiger partial charge is 0.226 e. The molecule has 24 heavy (non-hydrogen) atoms. The van der Waals surface area contributed by atoms with E-state index in [0.29, 0.717) is 17.7 Å². The van der Waals surface area contributed by atoms with Gasteiger partial charge in [0, 0.05) is 4.87 Å². The number of benzene rings is 1. The Balaban J connectivity index is 1.40. The number of alkyl halides is 1. The first-order valence-electron chi connectivity index (χ1n) is 9.63. The molecule has 6 rings (SSSR count). The first kappa shape index (κ1) is 15.3. The van der Waals surface area contributed by atoms with E-state index < -0.39 is 0 Å². The molecule has 0 heterocycles. The minimum Gasteiger partial charge on any atom is -0.349 e. The van der Waals surface area contributed by atoms with Crippen LogP contribution in [-0.4, -0.2) is 10.8 Å². The molecule has 1 amide bonds. The van der Waals surface area contributed by atoms with E-state index in [1.165, 1.54) is 24.0 Å². The molecule has 4 bridgehead atoms. The highest BCUT2D eigenvalue weighted by atomic mass is 35.5. The van der Waals surface area contributed by atoms with E-state index in [-0.39, 0.29) is 16.3 Å². The van der Waals surface area contributed by atoms with Gasteiger partial charge in [-0.25, -0.2) is 0 Å². The Hall–Kier alpha value is -1.02. The Morgan fingerprint density at radius 3 is 2.62 bits per heavy atom. The number of carbonyl (C=O) groups excluding carboxylic acids is 1. The van der Waals surface area contributed by atoms with E-state index in [0.717, 1.165) is 44.9 Å². The molecule has 5 aliphatic carbocycles. The van der Waals surface area contributed by atoms with Crippen LogP contribution in [0.25, 0.3) is 0 Å². The normalized spacial score (nSPS) is 42.6. The summed E-state index contributed by atoms with van der Waals surface area (Å²) in [5.74, 6) is 1.64. The number of carbonyl (C=O) groups is 1. The van der Waals surface area contributed by atoms with E-state index in [9.17, 15) is 4.79 Å². The molecule has 3 unspecified atom stereocenters. The lowest BCUT2D eigenvalue weighted by Crippen LogP contribution is -2.58. The molecule has 5 aliphatic rings. The zero-order chi connectivity index (χ0) is 16.4. The fourth-order valence-electron chi connectivity index (χ4n) is 6.63. The summed E-state index contributed by atoms with van der Waals surface area (Å²) in [6.45, 7) is 0. The number of hydrogen-bond acceptors (Lipinski definition) is 1. The summed E-state index contributed by atoms with van der Waals surface area (Å²) in [5, 5.41) is 3.45. The van der Waals surface area contributed by atoms with E-state index >= 15 is 0 Å². The van der Waals surface area contributed by atoms with E-state index in [1.807, 2.05) is 0 Å². The lowest BCUT2D eigenvalue weighted by molar-refractivity contribution is -0.145. The maximum absolute atomic E-state index is 13.3. The van der Waals surface area contributed by atoms with Gasteiger partial charge in [0.25, 0.3) is 0 Å². The monoisotopic (exact) mass is 343 g/mol. The fraction of sp³-hybridized carbons (Fsp3) is 0.667. The van der Waals surface area contributed by atoms with Gasteiger partial charge in [0.05, 0.1) is 11.5 Å². The third-order valence-electron chi connectivity index (χ3n) is 7.15. The molecule has 0 saturated heterocycles. The summed E-state index contributed by atoms with van der Waals surface area (Å²) in [6, 6.07) is 8.82. The topological polar surface area (TPSA) is 29.1 Å². The number of rotatable bonds is 2.